The molecule has 0 aliphatic heterocycles. The molecular formula is C28H40N8O2+2. The number of hydrogen-bond donors (Lipinski definition) is 6. The number of aromatic amines is 2. The van der Waals surface area contributed by atoms with Gasteiger partial charge in [-0.1, -0.05) is 0 Å². The number of nitrogens with one attached hydrogen (secondary N) is 2. The van der Waals surface area contributed by atoms with Gasteiger partial charge in [-0.15, -0.1) is 0 Å². The first kappa shape index (κ1) is 26.7. The van der Waals surface area contributed by atoms with Gasteiger partial charge in [0.05, 0.1) is 37.7 Å². The van der Waals surface area contributed by atoms with E-state index in [1.165, 1.54) is 11.6 Å². The Labute approximate surface area is 223 Å². The van der Waals surface area contributed by atoms with Crippen molar-refractivity contribution in [3.05, 3.63) is 72.8 Å². The Morgan fingerprint density at radius 2 is 1.05 bits per heavy atom. The van der Waals surface area contributed by atoms with Crippen molar-refractivity contribution in [1.29, 1.82) is 0 Å². The maximum absolute atomic E-state index is 5.96. The molecule has 0 spiro atoms. The third-order valence-electron chi connectivity index (χ3n) is 6.46. The Bertz CT molecular complexity index is 1200. The zero-order valence-corrected chi connectivity index (χ0v) is 21.9. The number of benzene rings is 2. The quantitative estimate of drug-likeness (QED) is 0.0802. The molecule has 38 heavy (non-hydrogen) atoms. The highest BCUT2D eigenvalue weighted by Crippen LogP contribution is 2.24. The number of hydrogen-bond acceptors (Lipinski definition) is 6. The van der Waals surface area contributed by atoms with Crippen molar-refractivity contribution < 1.29 is 18.6 Å². The minimum atomic E-state index is 0.579. The average Bonchev–Trinajstić information content (AvgIpc) is 3.55. The number of ether oxygens (including phenoxy) is 2. The molecule has 2 heterocycles. The van der Waals surface area contributed by atoms with Crippen molar-refractivity contribution in [2.45, 2.75) is 51.6 Å². The minimum Gasteiger partial charge on any atom is -0.491 e. The standard InChI is InChI=1S/C28H38N8O2/c29-21-7-9-23(31)25(19-21)37-17-3-13-35-15-11-33-27(35)5-1-2-6-28-34-12-16-36(28)14-4-18-38-26-20-22(30)8-10-24(26)32/h7-12,15-16,19-20H,1-6,13-14,17-18,29-32H2/p+2. The second kappa shape index (κ2) is 13.3. The van der Waals surface area contributed by atoms with E-state index in [2.05, 4.69) is 31.5 Å². The second-order valence-corrected chi connectivity index (χ2v) is 9.41. The van der Waals surface area contributed by atoms with Crippen LogP contribution in [0.5, 0.6) is 11.5 Å². The highest BCUT2D eigenvalue weighted by Gasteiger charge is 2.13. The van der Waals surface area contributed by atoms with Gasteiger partial charge in [0.2, 0.25) is 0 Å². The van der Waals surface area contributed by atoms with Crippen molar-refractivity contribution in [3.8, 4) is 11.5 Å². The fourth-order valence-electron chi connectivity index (χ4n) is 4.41. The largest absolute Gasteiger partial charge is 0.491 e. The van der Waals surface area contributed by atoms with Gasteiger partial charge >= 0.3 is 0 Å². The topological polar surface area (TPSA) is 162 Å². The first-order valence-electron chi connectivity index (χ1n) is 13.2. The van der Waals surface area contributed by atoms with Crippen LogP contribution in [0.2, 0.25) is 0 Å². The summed E-state index contributed by atoms with van der Waals surface area (Å²) in [6.45, 7) is 2.91. The van der Waals surface area contributed by atoms with E-state index in [-0.39, 0.29) is 0 Å². The van der Waals surface area contributed by atoms with Gasteiger partial charge in [0.15, 0.2) is 0 Å². The van der Waals surface area contributed by atoms with Gasteiger partial charge in [-0.3, -0.25) is 0 Å². The minimum absolute atomic E-state index is 0.579. The lowest BCUT2D eigenvalue weighted by molar-refractivity contribution is -0.704. The summed E-state index contributed by atoms with van der Waals surface area (Å²) in [4.78, 5) is 6.77. The average molecular weight is 521 g/mol. The summed E-state index contributed by atoms with van der Waals surface area (Å²) in [7, 11) is 0. The van der Waals surface area contributed by atoms with Crippen LogP contribution in [0.1, 0.15) is 37.3 Å². The molecule has 10 heteroatoms. The number of nitrogens with zero attached hydrogens (tertiary/aromatic N) is 2. The Balaban J connectivity index is 1.14. The molecule has 0 saturated carbocycles. The highest BCUT2D eigenvalue weighted by atomic mass is 16.5. The van der Waals surface area contributed by atoms with Crippen molar-refractivity contribution in [1.82, 2.24) is 9.97 Å². The van der Waals surface area contributed by atoms with E-state index in [9.17, 15) is 0 Å². The van der Waals surface area contributed by atoms with Gasteiger partial charge in [0, 0.05) is 49.2 Å². The summed E-state index contributed by atoms with van der Waals surface area (Å²) < 4.78 is 16.2. The Hall–Kier alpha value is -4.34. The van der Waals surface area contributed by atoms with Crippen molar-refractivity contribution in [3.63, 3.8) is 0 Å². The molecule has 10 N–H and O–H groups in total. The number of imidazole rings is 2. The van der Waals surface area contributed by atoms with Crippen molar-refractivity contribution in [2.24, 2.45) is 0 Å². The molecule has 4 aromatic rings. The van der Waals surface area contributed by atoms with Gasteiger partial charge in [0.1, 0.15) is 36.3 Å². The number of rotatable bonds is 15. The summed E-state index contributed by atoms with van der Waals surface area (Å²) in [6.07, 6.45) is 14.1. The van der Waals surface area contributed by atoms with Crippen molar-refractivity contribution in [2.75, 3.05) is 36.1 Å². The molecule has 0 fully saturated rings. The normalized spacial score (nSPS) is 11.1. The monoisotopic (exact) mass is 520 g/mol. The van der Waals surface area contributed by atoms with Gasteiger partial charge in [-0.05, 0) is 37.1 Å². The van der Waals surface area contributed by atoms with Gasteiger partial charge < -0.3 is 32.4 Å². The maximum atomic E-state index is 5.96. The van der Waals surface area contributed by atoms with E-state index in [1.807, 2.05) is 12.4 Å². The maximum Gasteiger partial charge on any atom is 0.254 e. The van der Waals surface area contributed by atoms with Gasteiger partial charge in [0.25, 0.3) is 11.6 Å². The van der Waals surface area contributed by atoms with Crippen LogP contribution < -0.4 is 41.5 Å². The number of unbranched alkanes of at least 4 members (excludes halogenated alkanes) is 1. The highest BCUT2D eigenvalue weighted by molar-refractivity contribution is 5.60. The fraction of sp³-hybridized carbons (Fsp3) is 0.357. The molecular weight excluding hydrogens is 480 g/mol. The molecule has 0 aliphatic carbocycles. The summed E-state index contributed by atoms with van der Waals surface area (Å²) in [5.74, 6) is 3.74. The first-order chi connectivity index (χ1) is 18.5. The predicted octanol–water partition coefficient (Wildman–Crippen LogP) is 2.75. The zero-order chi connectivity index (χ0) is 26.7. The van der Waals surface area contributed by atoms with E-state index in [4.69, 9.17) is 32.4 Å². The van der Waals surface area contributed by atoms with Crippen LogP contribution >= 0.6 is 0 Å². The Morgan fingerprint density at radius 1 is 0.605 bits per heavy atom. The number of aryl methyl sites for hydroxylation is 4. The lowest BCUT2D eigenvalue weighted by Crippen LogP contribution is -2.37. The molecule has 0 bridgehead atoms. The van der Waals surface area contributed by atoms with Gasteiger partial charge in [-0.25, -0.2) is 19.1 Å². The van der Waals surface area contributed by atoms with E-state index in [0.717, 1.165) is 51.6 Å². The fourth-order valence-corrected chi connectivity index (χ4v) is 4.41. The third-order valence-corrected chi connectivity index (χ3v) is 6.46. The SMILES string of the molecule is Nc1ccc(N)c(OCCC[n+]2cc[nH]c2CCCCc2[nH]cc[n+]2CCCOc2cc(N)ccc2N)c1. The van der Waals surface area contributed by atoms with Crippen LogP contribution in [-0.2, 0) is 25.9 Å². The molecule has 202 valence electrons. The lowest BCUT2D eigenvalue weighted by Gasteiger charge is -2.09. The number of anilines is 4. The van der Waals surface area contributed by atoms with Crippen LogP contribution in [0.25, 0.3) is 0 Å². The number of H-pyrrole nitrogens is 2. The van der Waals surface area contributed by atoms with E-state index < -0.39 is 0 Å². The van der Waals surface area contributed by atoms with Crippen molar-refractivity contribution >= 4 is 22.7 Å². The number of nitrogens with two attached hydrogens (primary N) is 4. The molecule has 0 radical (unpaired) electrons. The molecule has 0 saturated heterocycles. The Kier molecular flexibility index (Phi) is 9.33. The molecule has 0 aliphatic rings. The molecule has 0 atom stereocenters. The van der Waals surface area contributed by atoms with Crippen LogP contribution in [0.15, 0.2) is 61.2 Å². The molecule has 2 aromatic heterocycles. The summed E-state index contributed by atoms with van der Waals surface area (Å²) in [6, 6.07) is 10.6. The second-order valence-electron chi connectivity index (χ2n) is 9.41. The molecule has 0 amide bonds. The zero-order valence-electron chi connectivity index (χ0n) is 21.9. The van der Waals surface area contributed by atoms with Crippen LogP contribution in [0.4, 0.5) is 22.7 Å². The molecule has 0 unspecified atom stereocenters. The van der Waals surface area contributed by atoms with E-state index in [0.29, 0.717) is 47.5 Å². The first-order valence-corrected chi connectivity index (χ1v) is 13.2. The smallest absolute Gasteiger partial charge is 0.254 e. The predicted molar refractivity (Wildman–Crippen MR) is 149 cm³/mol. The Morgan fingerprint density at radius 3 is 1.50 bits per heavy atom. The summed E-state index contributed by atoms with van der Waals surface area (Å²) >= 11 is 0. The summed E-state index contributed by atoms with van der Waals surface area (Å²) in [5.41, 5.74) is 26.1. The molecule has 4 rings (SSSR count). The van der Waals surface area contributed by atoms with Gasteiger partial charge in [-0.2, -0.15) is 0 Å². The van der Waals surface area contributed by atoms with Crippen LogP contribution in [-0.4, -0.2) is 23.2 Å². The summed E-state index contributed by atoms with van der Waals surface area (Å²) in [5, 5.41) is 0. The number of nitrogen functional groups attached to an aromatic ring is 4. The van der Waals surface area contributed by atoms with E-state index >= 15 is 0 Å². The third kappa shape index (κ3) is 7.58. The molecule has 10 nitrogen and oxygen atoms in total. The van der Waals surface area contributed by atoms with E-state index in [1.54, 1.807) is 36.4 Å². The lowest BCUT2D eigenvalue weighted by atomic mass is 10.2. The van der Waals surface area contributed by atoms with Crippen LogP contribution in [0.3, 0.4) is 0 Å². The van der Waals surface area contributed by atoms with Crippen LogP contribution in [0, 0.1) is 0 Å². The number of aromatic nitrogens is 4. The molecule has 2 aromatic carbocycles.